The van der Waals surface area contributed by atoms with Crippen molar-refractivity contribution in [1.82, 2.24) is 15.0 Å². The van der Waals surface area contributed by atoms with Gasteiger partial charge in [-0.3, -0.25) is 11.3 Å². The van der Waals surface area contributed by atoms with Crippen molar-refractivity contribution < 1.29 is 0 Å². The molecule has 0 radical (unpaired) electrons. The van der Waals surface area contributed by atoms with Gasteiger partial charge in [0.15, 0.2) is 0 Å². The van der Waals surface area contributed by atoms with Gasteiger partial charge in [-0.2, -0.15) is 0 Å². The molecule has 0 fully saturated rings. The van der Waals surface area contributed by atoms with Gasteiger partial charge in [0.25, 0.3) is 0 Å². The third-order valence-corrected chi connectivity index (χ3v) is 1.40. The van der Waals surface area contributed by atoms with Gasteiger partial charge in [0, 0.05) is 18.9 Å². The summed E-state index contributed by atoms with van der Waals surface area (Å²) < 4.78 is 2.04. The van der Waals surface area contributed by atoms with E-state index in [2.05, 4.69) is 17.3 Å². The predicted molar refractivity (Wildman–Crippen MR) is 38.9 cm³/mol. The van der Waals surface area contributed by atoms with E-state index in [0.29, 0.717) is 6.54 Å². The van der Waals surface area contributed by atoms with Gasteiger partial charge < -0.3 is 4.57 Å². The number of nitrogens with one attached hydrogen (secondary N) is 1. The molecule has 1 aromatic heterocycles. The Morgan fingerprint density at radius 2 is 2.60 bits per heavy atom. The molecule has 1 heterocycles. The summed E-state index contributed by atoms with van der Waals surface area (Å²) in [5.41, 5.74) is 2.56. The van der Waals surface area contributed by atoms with E-state index in [4.69, 9.17) is 5.84 Å². The third-order valence-electron chi connectivity index (χ3n) is 1.40. The van der Waals surface area contributed by atoms with Crippen molar-refractivity contribution >= 4 is 0 Å². The quantitative estimate of drug-likeness (QED) is 0.454. The number of imidazole rings is 1. The number of rotatable bonds is 3. The maximum atomic E-state index is 5.14. The van der Waals surface area contributed by atoms with Gasteiger partial charge in [0.2, 0.25) is 0 Å². The fourth-order valence-electron chi connectivity index (χ4n) is 0.886. The number of nitrogens with two attached hydrogens (primary N) is 1. The summed E-state index contributed by atoms with van der Waals surface area (Å²) in [4.78, 5) is 4.10. The van der Waals surface area contributed by atoms with Crippen LogP contribution >= 0.6 is 0 Å². The normalized spacial score (nSPS) is 10.2. The largest absolute Gasteiger partial charge is 0.334 e. The van der Waals surface area contributed by atoms with Crippen LogP contribution in [0.2, 0.25) is 0 Å². The van der Waals surface area contributed by atoms with E-state index in [1.54, 1.807) is 6.20 Å². The zero-order chi connectivity index (χ0) is 7.40. The van der Waals surface area contributed by atoms with Crippen molar-refractivity contribution in [2.45, 2.75) is 20.0 Å². The van der Waals surface area contributed by atoms with Gasteiger partial charge in [-0.1, -0.05) is 0 Å². The number of aryl methyl sites for hydroxylation is 1. The van der Waals surface area contributed by atoms with Gasteiger partial charge in [-0.05, 0) is 6.92 Å². The minimum Gasteiger partial charge on any atom is -0.334 e. The Hall–Kier alpha value is -0.870. The van der Waals surface area contributed by atoms with E-state index in [1.165, 1.54) is 0 Å². The Morgan fingerprint density at radius 3 is 3.20 bits per heavy atom. The van der Waals surface area contributed by atoms with Crippen LogP contribution in [-0.4, -0.2) is 9.55 Å². The second-order valence-electron chi connectivity index (χ2n) is 2.01. The number of hydrogen-bond donors (Lipinski definition) is 2. The lowest BCUT2D eigenvalue weighted by Crippen LogP contribution is -2.23. The van der Waals surface area contributed by atoms with Gasteiger partial charge >= 0.3 is 0 Å². The van der Waals surface area contributed by atoms with Crippen LogP contribution in [0.4, 0.5) is 0 Å². The SMILES string of the molecule is CCn1ccnc1CNN. The Labute approximate surface area is 60.0 Å². The fraction of sp³-hybridized carbons (Fsp3) is 0.500. The van der Waals surface area contributed by atoms with Crippen molar-refractivity contribution in [2.24, 2.45) is 5.84 Å². The van der Waals surface area contributed by atoms with Crippen LogP contribution in [0.25, 0.3) is 0 Å². The standard InChI is InChI=1S/C6H12N4/c1-2-10-4-3-8-6(10)5-9-7/h3-4,9H,2,5,7H2,1H3. The molecule has 4 heteroatoms. The number of aromatic nitrogens is 2. The second kappa shape index (κ2) is 3.34. The average Bonchev–Trinajstić information content (AvgIpc) is 2.36. The molecule has 4 nitrogen and oxygen atoms in total. The molecule has 0 aromatic carbocycles. The van der Waals surface area contributed by atoms with E-state index in [-0.39, 0.29) is 0 Å². The summed E-state index contributed by atoms with van der Waals surface area (Å²) in [5, 5.41) is 0. The van der Waals surface area contributed by atoms with Crippen LogP contribution < -0.4 is 11.3 Å². The summed E-state index contributed by atoms with van der Waals surface area (Å²) in [7, 11) is 0. The molecule has 0 aliphatic heterocycles. The van der Waals surface area contributed by atoms with Crippen LogP contribution in [0.5, 0.6) is 0 Å². The van der Waals surface area contributed by atoms with E-state index >= 15 is 0 Å². The van der Waals surface area contributed by atoms with Gasteiger partial charge in [-0.15, -0.1) is 0 Å². The summed E-state index contributed by atoms with van der Waals surface area (Å²) >= 11 is 0. The zero-order valence-corrected chi connectivity index (χ0v) is 6.04. The summed E-state index contributed by atoms with van der Waals surface area (Å²) in [5.74, 6) is 6.12. The molecule has 0 bridgehead atoms. The van der Waals surface area contributed by atoms with Crippen molar-refractivity contribution in [3.8, 4) is 0 Å². The molecule has 3 N–H and O–H groups in total. The molecular formula is C6H12N4. The number of hydrazine groups is 1. The lowest BCUT2D eigenvalue weighted by molar-refractivity contribution is 0.632. The third kappa shape index (κ3) is 1.34. The highest BCUT2D eigenvalue weighted by atomic mass is 15.2. The Bertz CT molecular complexity index is 193. The number of hydrogen-bond acceptors (Lipinski definition) is 3. The van der Waals surface area contributed by atoms with Gasteiger partial charge in [-0.25, -0.2) is 4.98 Å². The first-order valence-corrected chi connectivity index (χ1v) is 3.32. The summed E-state index contributed by atoms with van der Waals surface area (Å²) in [6, 6.07) is 0. The van der Waals surface area contributed by atoms with Gasteiger partial charge in [0.05, 0.1) is 6.54 Å². The zero-order valence-electron chi connectivity index (χ0n) is 6.04. The van der Waals surface area contributed by atoms with Crippen LogP contribution in [0, 0.1) is 0 Å². The van der Waals surface area contributed by atoms with Crippen molar-refractivity contribution in [1.29, 1.82) is 0 Å². The van der Waals surface area contributed by atoms with Crippen LogP contribution in [0.3, 0.4) is 0 Å². The number of nitrogens with zero attached hydrogens (tertiary/aromatic N) is 2. The van der Waals surface area contributed by atoms with Crippen LogP contribution in [0.1, 0.15) is 12.7 Å². The minimum absolute atomic E-state index is 0.626. The molecular weight excluding hydrogens is 128 g/mol. The Kier molecular flexibility index (Phi) is 2.42. The maximum absolute atomic E-state index is 5.14. The second-order valence-corrected chi connectivity index (χ2v) is 2.01. The molecule has 0 saturated heterocycles. The highest BCUT2D eigenvalue weighted by Gasteiger charge is 1.96. The lowest BCUT2D eigenvalue weighted by Gasteiger charge is -2.01. The molecule has 0 spiro atoms. The highest BCUT2D eigenvalue weighted by molar-refractivity contribution is 4.90. The van der Waals surface area contributed by atoms with Crippen LogP contribution in [0.15, 0.2) is 12.4 Å². The molecule has 0 aliphatic carbocycles. The van der Waals surface area contributed by atoms with E-state index in [1.807, 2.05) is 10.8 Å². The molecule has 10 heavy (non-hydrogen) atoms. The molecule has 0 aliphatic rings. The van der Waals surface area contributed by atoms with Crippen molar-refractivity contribution in [2.75, 3.05) is 0 Å². The van der Waals surface area contributed by atoms with Gasteiger partial charge in [0.1, 0.15) is 5.82 Å². The highest BCUT2D eigenvalue weighted by Crippen LogP contribution is 1.94. The molecule has 0 saturated carbocycles. The Morgan fingerprint density at radius 1 is 1.80 bits per heavy atom. The fourth-order valence-corrected chi connectivity index (χ4v) is 0.886. The van der Waals surface area contributed by atoms with Crippen LogP contribution in [-0.2, 0) is 13.1 Å². The van der Waals surface area contributed by atoms with E-state index < -0.39 is 0 Å². The summed E-state index contributed by atoms with van der Waals surface area (Å²) in [6.45, 7) is 3.64. The monoisotopic (exact) mass is 140 g/mol. The molecule has 0 unspecified atom stereocenters. The smallest absolute Gasteiger partial charge is 0.124 e. The molecule has 0 amide bonds. The molecule has 1 rings (SSSR count). The van der Waals surface area contributed by atoms with E-state index in [0.717, 1.165) is 12.4 Å². The maximum Gasteiger partial charge on any atom is 0.124 e. The first-order valence-electron chi connectivity index (χ1n) is 3.32. The molecule has 1 aromatic rings. The van der Waals surface area contributed by atoms with Crippen molar-refractivity contribution in [3.05, 3.63) is 18.2 Å². The Balaban J connectivity index is 2.70. The molecule has 0 atom stereocenters. The summed E-state index contributed by atoms with van der Waals surface area (Å²) in [6.07, 6.45) is 3.71. The minimum atomic E-state index is 0.626. The first kappa shape index (κ1) is 7.24. The van der Waals surface area contributed by atoms with Crippen molar-refractivity contribution in [3.63, 3.8) is 0 Å². The first-order chi connectivity index (χ1) is 4.88. The topological polar surface area (TPSA) is 55.9 Å². The van der Waals surface area contributed by atoms with E-state index in [9.17, 15) is 0 Å². The predicted octanol–water partition coefficient (Wildman–Crippen LogP) is -0.134. The average molecular weight is 140 g/mol. The molecule has 56 valence electrons. The lowest BCUT2D eigenvalue weighted by atomic mass is 10.6.